The first-order chi connectivity index (χ1) is 16.6. The Morgan fingerprint density at radius 1 is 0.943 bits per heavy atom. The highest BCUT2D eigenvalue weighted by atomic mass is 19.4. The predicted octanol–water partition coefficient (Wildman–Crippen LogP) is 6.81. The molecule has 0 aliphatic rings. The van der Waals surface area contributed by atoms with E-state index in [-0.39, 0.29) is 11.4 Å². The molecule has 0 radical (unpaired) electrons. The molecule has 1 aromatic heterocycles. The molecule has 35 heavy (non-hydrogen) atoms. The number of ether oxygens (including phenoxy) is 2. The van der Waals surface area contributed by atoms with Crippen molar-refractivity contribution in [3.63, 3.8) is 0 Å². The van der Waals surface area contributed by atoms with Gasteiger partial charge in [0.15, 0.2) is 11.3 Å². The summed E-state index contributed by atoms with van der Waals surface area (Å²) in [6.45, 7) is 0. The maximum absolute atomic E-state index is 13.8. The molecule has 0 aliphatic carbocycles. The van der Waals surface area contributed by atoms with Gasteiger partial charge in [-0.3, -0.25) is 0 Å². The number of urea groups is 1. The van der Waals surface area contributed by atoms with Crippen molar-refractivity contribution in [3.05, 3.63) is 83.9 Å². The van der Waals surface area contributed by atoms with Gasteiger partial charge < -0.3 is 24.5 Å². The van der Waals surface area contributed by atoms with Crippen LogP contribution in [0, 0.1) is 5.82 Å². The van der Waals surface area contributed by atoms with Crippen molar-refractivity contribution in [2.75, 3.05) is 17.7 Å². The van der Waals surface area contributed by atoms with Gasteiger partial charge in [-0.05, 0) is 54.6 Å². The van der Waals surface area contributed by atoms with Crippen molar-refractivity contribution >= 4 is 34.3 Å². The van der Waals surface area contributed by atoms with Crippen LogP contribution in [-0.4, -0.2) is 19.1 Å². The zero-order valence-electron chi connectivity index (χ0n) is 17.9. The van der Waals surface area contributed by atoms with Crippen molar-refractivity contribution < 1.29 is 41.0 Å². The number of rotatable bonds is 5. The molecule has 180 valence electrons. The summed E-state index contributed by atoms with van der Waals surface area (Å²) >= 11 is 0. The van der Waals surface area contributed by atoms with Gasteiger partial charge in [-0.25, -0.2) is 14.0 Å². The first kappa shape index (κ1) is 23.6. The largest absolute Gasteiger partial charge is 0.463 e. The third-order valence-corrected chi connectivity index (χ3v) is 4.78. The van der Waals surface area contributed by atoms with Gasteiger partial charge in [0.1, 0.15) is 11.6 Å². The summed E-state index contributed by atoms with van der Waals surface area (Å²) in [7, 11) is 1.24. The summed E-state index contributed by atoms with van der Waals surface area (Å²) in [5, 5.41) is 5.08. The fraction of sp³-hybridized carbons (Fsp3) is 0.0833. The molecule has 4 rings (SSSR count). The lowest BCUT2D eigenvalue weighted by atomic mass is 10.2. The van der Waals surface area contributed by atoms with Crippen LogP contribution in [0.25, 0.3) is 11.0 Å². The monoisotopic (exact) mass is 488 g/mol. The molecule has 0 atom stereocenters. The van der Waals surface area contributed by atoms with E-state index in [1.165, 1.54) is 37.4 Å². The Kier molecular flexibility index (Phi) is 6.32. The number of hydrogen-bond donors (Lipinski definition) is 2. The highest BCUT2D eigenvalue weighted by Gasteiger charge is 2.31. The van der Waals surface area contributed by atoms with Crippen LogP contribution in [0.1, 0.15) is 16.1 Å². The zero-order chi connectivity index (χ0) is 25.2. The molecule has 2 N–H and O–H groups in total. The summed E-state index contributed by atoms with van der Waals surface area (Å²) in [5.74, 6) is -0.939. The van der Waals surface area contributed by atoms with Crippen LogP contribution in [0.3, 0.4) is 0 Å². The number of para-hydroxylation sites is 1. The van der Waals surface area contributed by atoms with Crippen LogP contribution < -0.4 is 15.4 Å². The van der Waals surface area contributed by atoms with Crippen LogP contribution in [0.4, 0.5) is 33.7 Å². The lowest BCUT2D eigenvalue weighted by Crippen LogP contribution is -2.20. The smallest absolute Gasteiger partial charge is 0.416 e. The van der Waals surface area contributed by atoms with E-state index in [0.29, 0.717) is 40.7 Å². The van der Waals surface area contributed by atoms with Crippen LogP contribution in [-0.2, 0) is 10.9 Å². The van der Waals surface area contributed by atoms with E-state index in [1.807, 2.05) is 0 Å². The van der Waals surface area contributed by atoms with Crippen molar-refractivity contribution in [1.82, 2.24) is 0 Å². The molecule has 11 heteroatoms. The molecular weight excluding hydrogens is 472 g/mol. The molecule has 0 aliphatic heterocycles. The number of fused-ring (bicyclic) bond motifs is 1. The Labute approximate surface area is 195 Å². The van der Waals surface area contributed by atoms with E-state index in [2.05, 4.69) is 15.4 Å². The highest BCUT2D eigenvalue weighted by Crippen LogP contribution is 2.33. The summed E-state index contributed by atoms with van der Waals surface area (Å²) < 4.78 is 68.3. The minimum Gasteiger partial charge on any atom is -0.463 e. The quantitative estimate of drug-likeness (QED) is 0.238. The van der Waals surface area contributed by atoms with E-state index in [9.17, 15) is 27.2 Å². The SMILES string of the molecule is COC(=O)c1cc2cccc(Oc3ccc(NC(=O)Nc4cc(C(F)(F)F)ccc4F)cc3)c2o1. The van der Waals surface area contributed by atoms with Gasteiger partial charge in [-0.1, -0.05) is 12.1 Å². The first-order valence-corrected chi connectivity index (χ1v) is 9.97. The van der Waals surface area contributed by atoms with Crippen LogP contribution in [0.5, 0.6) is 11.5 Å². The van der Waals surface area contributed by atoms with Gasteiger partial charge in [0.05, 0.1) is 18.4 Å². The normalized spacial score (nSPS) is 11.2. The second-order valence-electron chi connectivity index (χ2n) is 7.17. The Balaban J connectivity index is 1.44. The number of halogens is 4. The number of esters is 1. The molecule has 0 spiro atoms. The van der Waals surface area contributed by atoms with Gasteiger partial charge in [-0.15, -0.1) is 0 Å². The van der Waals surface area contributed by atoms with E-state index in [0.717, 1.165) is 0 Å². The molecule has 3 aromatic carbocycles. The molecular formula is C24H16F4N2O5. The molecule has 1 heterocycles. The minimum atomic E-state index is -4.68. The molecule has 0 unspecified atom stereocenters. The number of nitrogens with one attached hydrogen (secondary N) is 2. The number of alkyl halides is 3. The Morgan fingerprint density at radius 2 is 1.69 bits per heavy atom. The third-order valence-electron chi connectivity index (χ3n) is 4.78. The van der Waals surface area contributed by atoms with Crippen molar-refractivity contribution in [1.29, 1.82) is 0 Å². The van der Waals surface area contributed by atoms with Gasteiger partial charge >= 0.3 is 18.2 Å². The maximum atomic E-state index is 13.8. The van der Waals surface area contributed by atoms with Crippen LogP contribution >= 0.6 is 0 Å². The molecule has 0 saturated carbocycles. The summed E-state index contributed by atoms with van der Waals surface area (Å²) in [4.78, 5) is 23.9. The predicted molar refractivity (Wildman–Crippen MR) is 118 cm³/mol. The number of benzene rings is 3. The van der Waals surface area contributed by atoms with Crippen LogP contribution in [0.15, 0.2) is 71.1 Å². The third kappa shape index (κ3) is 5.35. The van der Waals surface area contributed by atoms with Gasteiger partial charge in [-0.2, -0.15) is 13.2 Å². The summed E-state index contributed by atoms with van der Waals surface area (Å²) in [6, 6.07) is 13.3. The number of amides is 2. The van der Waals surface area contributed by atoms with Crippen molar-refractivity contribution in [2.24, 2.45) is 0 Å². The summed E-state index contributed by atoms with van der Waals surface area (Å²) in [5.41, 5.74) is -1.11. The van der Waals surface area contributed by atoms with E-state index in [4.69, 9.17) is 9.15 Å². The number of carbonyl (C=O) groups excluding carboxylic acids is 2. The van der Waals surface area contributed by atoms with E-state index >= 15 is 0 Å². The van der Waals surface area contributed by atoms with Gasteiger partial charge in [0.25, 0.3) is 0 Å². The minimum absolute atomic E-state index is 0.0151. The van der Waals surface area contributed by atoms with E-state index < -0.39 is 35.2 Å². The van der Waals surface area contributed by atoms with Gasteiger partial charge in [0.2, 0.25) is 5.76 Å². The Hall–Kier alpha value is -4.54. The highest BCUT2D eigenvalue weighted by molar-refractivity contribution is 6.00. The number of anilines is 2. The summed E-state index contributed by atoms with van der Waals surface area (Å²) in [6.07, 6.45) is -4.68. The number of furan rings is 1. The second-order valence-corrected chi connectivity index (χ2v) is 7.17. The van der Waals surface area contributed by atoms with E-state index in [1.54, 1.807) is 18.2 Å². The number of hydrogen-bond acceptors (Lipinski definition) is 5. The second kappa shape index (κ2) is 9.37. The zero-order valence-corrected chi connectivity index (χ0v) is 17.9. The van der Waals surface area contributed by atoms with Crippen molar-refractivity contribution in [3.8, 4) is 11.5 Å². The molecule has 0 bridgehead atoms. The molecule has 0 fully saturated rings. The average Bonchev–Trinajstić information content (AvgIpc) is 3.26. The fourth-order valence-corrected chi connectivity index (χ4v) is 3.13. The Bertz CT molecular complexity index is 1400. The molecule has 7 nitrogen and oxygen atoms in total. The Morgan fingerprint density at radius 3 is 2.37 bits per heavy atom. The van der Waals surface area contributed by atoms with Gasteiger partial charge in [0, 0.05) is 11.1 Å². The molecule has 4 aromatic rings. The fourth-order valence-electron chi connectivity index (χ4n) is 3.13. The molecule has 2 amide bonds. The standard InChI is InChI=1S/C24H16F4N2O5/c1-33-22(31)20-11-13-3-2-4-19(21(13)35-20)34-16-8-6-15(7-9-16)29-23(32)30-18-12-14(24(26,27)28)5-10-17(18)25/h2-12H,1H3,(H2,29,30,32). The molecule has 0 saturated heterocycles. The first-order valence-electron chi connectivity index (χ1n) is 9.97. The number of methoxy groups -OCH3 is 1. The lowest BCUT2D eigenvalue weighted by Gasteiger charge is -2.12. The van der Waals surface area contributed by atoms with Crippen LogP contribution in [0.2, 0.25) is 0 Å². The number of carbonyl (C=O) groups is 2. The topological polar surface area (TPSA) is 89.8 Å². The lowest BCUT2D eigenvalue weighted by molar-refractivity contribution is -0.137. The maximum Gasteiger partial charge on any atom is 0.416 e. The average molecular weight is 488 g/mol. The van der Waals surface area contributed by atoms with Crippen molar-refractivity contribution in [2.45, 2.75) is 6.18 Å².